The molecule has 28 heavy (non-hydrogen) atoms. The maximum Gasteiger partial charge on any atom is 0.418 e. The van der Waals surface area contributed by atoms with E-state index in [9.17, 15) is 22.8 Å². The first kappa shape index (κ1) is 21.3. The average Bonchev–Trinajstić information content (AvgIpc) is 2.61. The molecular weight excluding hydrogens is 371 g/mol. The number of carbonyl (C=O) groups is 2. The van der Waals surface area contributed by atoms with Crippen molar-refractivity contribution in [2.75, 3.05) is 29.6 Å². The highest BCUT2D eigenvalue weighted by Crippen LogP contribution is 2.35. The van der Waals surface area contributed by atoms with Crippen molar-refractivity contribution in [3.8, 4) is 0 Å². The molecule has 0 aliphatic carbocycles. The maximum atomic E-state index is 13.1. The van der Waals surface area contributed by atoms with Gasteiger partial charge in [-0.2, -0.15) is 13.2 Å². The van der Waals surface area contributed by atoms with Crippen LogP contribution in [0.3, 0.4) is 0 Å². The number of carbonyl (C=O) groups excluding carboxylic acids is 2. The zero-order chi connectivity index (χ0) is 21.1. The molecule has 2 N–H and O–H groups in total. The Morgan fingerprint density at radius 3 is 1.93 bits per heavy atom. The average molecular weight is 393 g/mol. The van der Waals surface area contributed by atoms with Gasteiger partial charge in [-0.3, -0.25) is 9.59 Å². The van der Waals surface area contributed by atoms with Gasteiger partial charge >= 0.3 is 6.18 Å². The highest BCUT2D eigenvalue weighted by Gasteiger charge is 2.39. The molecule has 0 spiro atoms. The lowest BCUT2D eigenvalue weighted by Crippen LogP contribution is -2.41. The second-order valence-electron chi connectivity index (χ2n) is 7.02. The second kappa shape index (κ2) is 7.92. The number of halogens is 3. The number of alkyl halides is 3. The van der Waals surface area contributed by atoms with Crippen LogP contribution >= 0.6 is 0 Å². The molecule has 0 radical (unpaired) electrons. The van der Waals surface area contributed by atoms with Crippen molar-refractivity contribution in [3.63, 3.8) is 0 Å². The van der Waals surface area contributed by atoms with Crippen molar-refractivity contribution in [1.29, 1.82) is 0 Å². The van der Waals surface area contributed by atoms with Crippen LogP contribution in [0.25, 0.3) is 0 Å². The summed E-state index contributed by atoms with van der Waals surface area (Å²) in [6, 6.07) is 11.6. The summed E-state index contributed by atoms with van der Waals surface area (Å²) in [5.74, 6) is -1.47. The van der Waals surface area contributed by atoms with Crippen molar-refractivity contribution in [2.24, 2.45) is 5.41 Å². The number of para-hydroxylation sites is 1. The maximum absolute atomic E-state index is 13.1. The summed E-state index contributed by atoms with van der Waals surface area (Å²) < 4.78 is 39.3. The van der Waals surface area contributed by atoms with Gasteiger partial charge < -0.3 is 15.5 Å². The number of hydrogen-bond donors (Lipinski definition) is 2. The first-order valence-corrected chi connectivity index (χ1v) is 8.49. The van der Waals surface area contributed by atoms with E-state index >= 15 is 0 Å². The van der Waals surface area contributed by atoms with Gasteiger partial charge in [-0.15, -0.1) is 0 Å². The summed E-state index contributed by atoms with van der Waals surface area (Å²) >= 11 is 0. The topological polar surface area (TPSA) is 61.4 Å². The molecule has 2 rings (SSSR count). The van der Waals surface area contributed by atoms with Gasteiger partial charge in [0.1, 0.15) is 5.41 Å². The van der Waals surface area contributed by atoms with Crippen LogP contribution in [0, 0.1) is 5.41 Å². The lowest BCUT2D eigenvalue weighted by molar-refractivity contribution is -0.137. The molecule has 2 aromatic carbocycles. The number of nitrogens with one attached hydrogen (secondary N) is 2. The second-order valence-corrected chi connectivity index (χ2v) is 7.02. The molecule has 0 atom stereocenters. The molecule has 0 saturated carbocycles. The summed E-state index contributed by atoms with van der Waals surface area (Å²) in [6.07, 6.45) is -4.62. The number of nitrogens with zero attached hydrogens (tertiary/aromatic N) is 1. The minimum Gasteiger partial charge on any atom is -0.378 e. The zero-order valence-electron chi connectivity index (χ0n) is 16.0. The van der Waals surface area contributed by atoms with E-state index in [1.807, 2.05) is 19.0 Å². The number of hydrogen-bond acceptors (Lipinski definition) is 3. The van der Waals surface area contributed by atoms with Crippen LogP contribution in [0.15, 0.2) is 48.5 Å². The van der Waals surface area contributed by atoms with Crippen molar-refractivity contribution < 1.29 is 22.8 Å². The Morgan fingerprint density at radius 2 is 1.39 bits per heavy atom. The summed E-state index contributed by atoms with van der Waals surface area (Å²) in [5.41, 5.74) is -1.56. The Kier molecular flexibility index (Phi) is 6.01. The molecular formula is C20H22F3N3O2. The van der Waals surface area contributed by atoms with Crippen molar-refractivity contribution in [3.05, 3.63) is 54.1 Å². The molecule has 0 bridgehead atoms. The predicted octanol–water partition coefficient (Wildman–Crippen LogP) is 4.37. The van der Waals surface area contributed by atoms with Crippen LogP contribution in [0.2, 0.25) is 0 Å². The number of amides is 2. The lowest BCUT2D eigenvalue weighted by Gasteiger charge is -2.24. The molecule has 5 nitrogen and oxygen atoms in total. The predicted molar refractivity (Wildman–Crippen MR) is 103 cm³/mol. The highest BCUT2D eigenvalue weighted by atomic mass is 19.4. The molecule has 150 valence electrons. The first-order valence-electron chi connectivity index (χ1n) is 8.49. The smallest absolute Gasteiger partial charge is 0.378 e. The fraction of sp³-hybridized carbons (Fsp3) is 0.300. The van der Waals surface area contributed by atoms with E-state index < -0.39 is 34.7 Å². The van der Waals surface area contributed by atoms with Crippen LogP contribution in [-0.4, -0.2) is 25.9 Å². The largest absolute Gasteiger partial charge is 0.418 e. The fourth-order valence-electron chi connectivity index (χ4n) is 2.35. The van der Waals surface area contributed by atoms with Crippen molar-refractivity contribution >= 4 is 28.9 Å². The monoisotopic (exact) mass is 393 g/mol. The Hall–Kier alpha value is -3.03. The SMILES string of the molecule is CN(C)c1ccc(NC(=O)C(C)(C)C(=O)Nc2ccccc2C(F)(F)F)cc1. The Labute approximate surface area is 161 Å². The van der Waals surface area contributed by atoms with Gasteiger partial charge in [0.2, 0.25) is 11.8 Å². The van der Waals surface area contributed by atoms with E-state index in [0.717, 1.165) is 17.8 Å². The minimum absolute atomic E-state index is 0.392. The van der Waals surface area contributed by atoms with Gasteiger partial charge in [-0.05, 0) is 50.2 Å². The van der Waals surface area contributed by atoms with E-state index in [1.165, 1.54) is 26.0 Å². The molecule has 8 heteroatoms. The van der Waals surface area contributed by atoms with Gasteiger partial charge in [0, 0.05) is 25.5 Å². The molecule has 2 aromatic rings. The Morgan fingerprint density at radius 1 is 0.857 bits per heavy atom. The number of benzene rings is 2. The third-order valence-electron chi connectivity index (χ3n) is 4.26. The van der Waals surface area contributed by atoms with Crippen LogP contribution in [-0.2, 0) is 15.8 Å². The standard InChI is InChI=1S/C20H22F3N3O2/c1-19(2,17(27)24-13-9-11-14(12-10-13)26(3)4)18(28)25-16-8-6-5-7-15(16)20(21,22)23/h5-12H,1-4H3,(H,24,27)(H,25,28). The first-order chi connectivity index (χ1) is 12.9. The summed E-state index contributed by atoms with van der Waals surface area (Å²) in [7, 11) is 3.75. The zero-order valence-corrected chi connectivity index (χ0v) is 16.0. The number of anilines is 3. The molecule has 0 heterocycles. The molecule has 0 fully saturated rings. The lowest BCUT2D eigenvalue weighted by atomic mass is 9.90. The van der Waals surface area contributed by atoms with E-state index in [0.29, 0.717) is 5.69 Å². The van der Waals surface area contributed by atoms with Gasteiger partial charge in [0.05, 0.1) is 11.3 Å². The third-order valence-corrected chi connectivity index (χ3v) is 4.26. The molecule has 0 aromatic heterocycles. The van der Waals surface area contributed by atoms with Crippen LogP contribution in [0.1, 0.15) is 19.4 Å². The Bertz CT molecular complexity index is 860. The van der Waals surface area contributed by atoms with E-state index in [2.05, 4.69) is 10.6 Å². The van der Waals surface area contributed by atoms with Gasteiger partial charge in [0.25, 0.3) is 0 Å². The van der Waals surface area contributed by atoms with Crippen LogP contribution in [0.4, 0.5) is 30.2 Å². The van der Waals surface area contributed by atoms with Crippen LogP contribution < -0.4 is 15.5 Å². The normalized spacial score (nSPS) is 11.7. The molecule has 0 unspecified atom stereocenters. The van der Waals surface area contributed by atoms with Gasteiger partial charge in [-0.25, -0.2) is 0 Å². The molecule has 2 amide bonds. The van der Waals surface area contributed by atoms with Crippen LogP contribution in [0.5, 0.6) is 0 Å². The fourth-order valence-corrected chi connectivity index (χ4v) is 2.35. The van der Waals surface area contributed by atoms with Gasteiger partial charge in [0.15, 0.2) is 0 Å². The summed E-state index contributed by atoms with van der Waals surface area (Å²) in [4.78, 5) is 27.0. The molecule has 0 saturated heterocycles. The minimum atomic E-state index is -4.62. The molecule has 0 aliphatic heterocycles. The highest BCUT2D eigenvalue weighted by molar-refractivity contribution is 6.14. The quantitative estimate of drug-likeness (QED) is 0.742. The molecule has 0 aliphatic rings. The van der Waals surface area contributed by atoms with E-state index in [4.69, 9.17) is 0 Å². The van der Waals surface area contributed by atoms with E-state index in [1.54, 1.807) is 24.3 Å². The number of rotatable bonds is 5. The third kappa shape index (κ3) is 4.82. The van der Waals surface area contributed by atoms with Gasteiger partial charge in [-0.1, -0.05) is 12.1 Å². The Balaban J connectivity index is 2.15. The van der Waals surface area contributed by atoms with Crippen molar-refractivity contribution in [2.45, 2.75) is 20.0 Å². The summed E-state index contributed by atoms with van der Waals surface area (Å²) in [6.45, 7) is 2.70. The van der Waals surface area contributed by atoms with Crippen molar-refractivity contribution in [1.82, 2.24) is 0 Å². The van der Waals surface area contributed by atoms with E-state index in [-0.39, 0.29) is 0 Å². The summed E-state index contributed by atoms with van der Waals surface area (Å²) in [5, 5.41) is 4.84.